The average molecular weight is 247 g/mol. The number of Topliss-reactive ketones (excluding diaryl/α,β-unsaturated/α-hetero) is 1. The average Bonchev–Trinajstić information content (AvgIpc) is 2.89. The molecule has 1 unspecified atom stereocenters. The number of ketones is 1. The Hall–Kier alpha value is -1.35. The van der Waals surface area contributed by atoms with Gasteiger partial charge in [-0.3, -0.25) is 4.79 Å². The van der Waals surface area contributed by atoms with Crippen LogP contribution in [0.25, 0.3) is 0 Å². The molecule has 0 radical (unpaired) electrons. The second-order valence-electron chi connectivity index (χ2n) is 4.84. The molecule has 0 aliphatic carbocycles. The van der Waals surface area contributed by atoms with Gasteiger partial charge in [-0.1, -0.05) is 6.92 Å². The van der Waals surface area contributed by atoms with Gasteiger partial charge >= 0.3 is 0 Å². The van der Waals surface area contributed by atoms with Crippen LogP contribution in [0.1, 0.15) is 42.1 Å². The number of benzene rings is 1. The van der Waals surface area contributed by atoms with E-state index in [1.165, 1.54) is 0 Å². The quantitative estimate of drug-likeness (QED) is 0.813. The lowest BCUT2D eigenvalue weighted by Gasteiger charge is -2.12. The van der Waals surface area contributed by atoms with Crippen LogP contribution in [0.5, 0.6) is 5.75 Å². The van der Waals surface area contributed by atoms with E-state index in [4.69, 9.17) is 4.74 Å². The van der Waals surface area contributed by atoms with Crippen molar-refractivity contribution >= 4 is 5.78 Å². The third kappa shape index (κ3) is 2.91. The van der Waals surface area contributed by atoms with Gasteiger partial charge in [0.25, 0.3) is 0 Å². The van der Waals surface area contributed by atoms with Crippen LogP contribution in [0.3, 0.4) is 0 Å². The SMILES string of the molecule is CCCOc1ccc(C(=O)C2CCCN2)c(C)c1. The smallest absolute Gasteiger partial charge is 0.179 e. The highest BCUT2D eigenvalue weighted by molar-refractivity contribution is 6.01. The number of hydrogen-bond donors (Lipinski definition) is 1. The van der Waals surface area contributed by atoms with E-state index < -0.39 is 0 Å². The van der Waals surface area contributed by atoms with Crippen LogP contribution in [0, 0.1) is 6.92 Å². The number of nitrogens with one attached hydrogen (secondary N) is 1. The maximum Gasteiger partial charge on any atom is 0.179 e. The van der Waals surface area contributed by atoms with Gasteiger partial charge in [0.05, 0.1) is 12.6 Å². The maximum absolute atomic E-state index is 12.3. The maximum atomic E-state index is 12.3. The number of rotatable bonds is 5. The molecule has 0 amide bonds. The van der Waals surface area contributed by atoms with E-state index >= 15 is 0 Å². The van der Waals surface area contributed by atoms with Crippen LogP contribution in [0.15, 0.2) is 18.2 Å². The Kier molecular flexibility index (Phi) is 4.37. The largest absolute Gasteiger partial charge is 0.494 e. The Morgan fingerprint density at radius 3 is 2.94 bits per heavy atom. The van der Waals surface area contributed by atoms with E-state index in [9.17, 15) is 4.79 Å². The number of carbonyl (C=O) groups excluding carboxylic acids is 1. The van der Waals surface area contributed by atoms with Gasteiger partial charge in [-0.05, 0) is 56.5 Å². The summed E-state index contributed by atoms with van der Waals surface area (Å²) < 4.78 is 5.57. The molecule has 1 saturated heterocycles. The summed E-state index contributed by atoms with van der Waals surface area (Å²) in [6.45, 7) is 5.72. The van der Waals surface area contributed by atoms with E-state index in [1.54, 1.807) is 0 Å². The zero-order valence-electron chi connectivity index (χ0n) is 11.2. The summed E-state index contributed by atoms with van der Waals surface area (Å²) in [5.41, 5.74) is 1.82. The lowest BCUT2D eigenvalue weighted by atomic mass is 9.98. The van der Waals surface area contributed by atoms with Crippen molar-refractivity contribution < 1.29 is 9.53 Å². The summed E-state index contributed by atoms with van der Waals surface area (Å²) >= 11 is 0. The molecular weight excluding hydrogens is 226 g/mol. The monoisotopic (exact) mass is 247 g/mol. The highest BCUT2D eigenvalue weighted by Crippen LogP contribution is 2.20. The molecule has 1 N–H and O–H groups in total. The highest BCUT2D eigenvalue weighted by atomic mass is 16.5. The summed E-state index contributed by atoms with van der Waals surface area (Å²) in [5.74, 6) is 1.07. The Morgan fingerprint density at radius 1 is 1.50 bits per heavy atom. The molecule has 1 fully saturated rings. The predicted octanol–water partition coefficient (Wildman–Crippen LogP) is 2.72. The number of aryl methyl sites for hydroxylation is 1. The van der Waals surface area contributed by atoms with E-state index in [2.05, 4.69) is 12.2 Å². The summed E-state index contributed by atoms with van der Waals surface area (Å²) in [4.78, 5) is 12.3. The Labute approximate surface area is 109 Å². The van der Waals surface area contributed by atoms with Gasteiger partial charge in [0.2, 0.25) is 0 Å². The van der Waals surface area contributed by atoms with Gasteiger partial charge < -0.3 is 10.1 Å². The first-order valence-corrected chi connectivity index (χ1v) is 6.73. The minimum Gasteiger partial charge on any atom is -0.494 e. The van der Waals surface area contributed by atoms with Crippen LogP contribution in [-0.4, -0.2) is 25.0 Å². The van der Waals surface area contributed by atoms with Crippen molar-refractivity contribution in [1.29, 1.82) is 0 Å². The Balaban J connectivity index is 2.11. The van der Waals surface area contributed by atoms with Crippen molar-refractivity contribution in [3.05, 3.63) is 29.3 Å². The van der Waals surface area contributed by atoms with Crippen molar-refractivity contribution in [3.63, 3.8) is 0 Å². The van der Waals surface area contributed by atoms with Gasteiger partial charge in [-0.15, -0.1) is 0 Å². The lowest BCUT2D eigenvalue weighted by molar-refractivity contribution is 0.0951. The second-order valence-corrected chi connectivity index (χ2v) is 4.84. The Bertz CT molecular complexity index is 423. The molecule has 1 aromatic carbocycles. The van der Waals surface area contributed by atoms with Crippen molar-refractivity contribution in [2.75, 3.05) is 13.2 Å². The van der Waals surface area contributed by atoms with Crippen LogP contribution >= 0.6 is 0 Å². The highest BCUT2D eigenvalue weighted by Gasteiger charge is 2.24. The first kappa shape index (κ1) is 13.1. The molecule has 18 heavy (non-hydrogen) atoms. The third-order valence-electron chi connectivity index (χ3n) is 3.31. The molecular formula is C15H21NO2. The number of ether oxygens (including phenoxy) is 1. The minimum absolute atomic E-state index is 0.00566. The van der Waals surface area contributed by atoms with Crippen molar-refractivity contribution in [2.45, 2.75) is 39.2 Å². The molecule has 2 rings (SSSR count). The van der Waals surface area contributed by atoms with Gasteiger partial charge in [-0.25, -0.2) is 0 Å². The van der Waals surface area contributed by atoms with Gasteiger partial charge in [-0.2, -0.15) is 0 Å². The predicted molar refractivity (Wildman–Crippen MR) is 72.3 cm³/mol. The summed E-state index contributed by atoms with van der Waals surface area (Å²) in [7, 11) is 0. The van der Waals surface area contributed by atoms with Gasteiger partial charge in [0, 0.05) is 5.56 Å². The molecule has 1 heterocycles. The fraction of sp³-hybridized carbons (Fsp3) is 0.533. The molecule has 1 aromatic rings. The summed E-state index contributed by atoms with van der Waals surface area (Å²) in [5, 5.41) is 3.25. The first-order chi connectivity index (χ1) is 8.72. The molecule has 0 spiro atoms. The van der Waals surface area contributed by atoms with Crippen molar-refractivity contribution in [1.82, 2.24) is 5.32 Å². The van der Waals surface area contributed by atoms with Crippen LogP contribution in [0.2, 0.25) is 0 Å². The first-order valence-electron chi connectivity index (χ1n) is 6.73. The molecule has 3 nitrogen and oxygen atoms in total. The van der Waals surface area contributed by atoms with Crippen LogP contribution < -0.4 is 10.1 Å². The normalized spacial score (nSPS) is 18.9. The molecule has 3 heteroatoms. The van der Waals surface area contributed by atoms with Crippen molar-refractivity contribution in [3.8, 4) is 5.75 Å². The Morgan fingerprint density at radius 2 is 2.33 bits per heavy atom. The fourth-order valence-electron chi connectivity index (χ4n) is 2.32. The number of carbonyl (C=O) groups is 1. The van der Waals surface area contributed by atoms with Gasteiger partial charge in [0.15, 0.2) is 5.78 Å². The van der Waals surface area contributed by atoms with E-state index in [0.717, 1.165) is 49.3 Å². The summed E-state index contributed by atoms with van der Waals surface area (Å²) in [6, 6.07) is 5.75. The van der Waals surface area contributed by atoms with E-state index in [0.29, 0.717) is 0 Å². The van der Waals surface area contributed by atoms with Crippen LogP contribution in [-0.2, 0) is 0 Å². The topological polar surface area (TPSA) is 38.3 Å². The minimum atomic E-state index is 0.00566. The molecule has 0 aromatic heterocycles. The third-order valence-corrected chi connectivity index (χ3v) is 3.31. The molecule has 1 aliphatic rings. The van der Waals surface area contributed by atoms with E-state index in [-0.39, 0.29) is 11.8 Å². The molecule has 98 valence electrons. The zero-order valence-corrected chi connectivity index (χ0v) is 11.2. The standard InChI is InChI=1S/C15H21NO2/c1-3-9-18-12-6-7-13(11(2)10-12)15(17)14-5-4-8-16-14/h6-7,10,14,16H,3-5,8-9H2,1-2H3. The summed E-state index contributed by atoms with van der Waals surface area (Å²) in [6.07, 6.45) is 3.03. The van der Waals surface area contributed by atoms with Crippen molar-refractivity contribution in [2.24, 2.45) is 0 Å². The molecule has 0 saturated carbocycles. The second kappa shape index (κ2) is 6.01. The molecule has 1 atom stereocenters. The zero-order chi connectivity index (χ0) is 13.0. The molecule has 0 bridgehead atoms. The van der Waals surface area contributed by atoms with Gasteiger partial charge in [0.1, 0.15) is 5.75 Å². The van der Waals surface area contributed by atoms with E-state index in [1.807, 2.05) is 25.1 Å². The van der Waals surface area contributed by atoms with Crippen LogP contribution in [0.4, 0.5) is 0 Å². The fourth-order valence-corrected chi connectivity index (χ4v) is 2.32. The number of hydrogen-bond acceptors (Lipinski definition) is 3. The molecule has 1 aliphatic heterocycles. The lowest BCUT2D eigenvalue weighted by Crippen LogP contribution is -2.31.